The second kappa shape index (κ2) is 3.38. The Morgan fingerprint density at radius 2 is 2.38 bits per heavy atom. The Hall–Kier alpha value is -1.03. The van der Waals surface area contributed by atoms with Crippen LogP contribution in [0.2, 0.25) is 0 Å². The monoisotopic (exact) mass is 181 g/mol. The molecular weight excluding hydrogens is 166 g/mol. The lowest BCUT2D eigenvalue weighted by Crippen LogP contribution is -2.24. The van der Waals surface area contributed by atoms with E-state index in [-0.39, 0.29) is 0 Å². The maximum atomic E-state index is 5.23. The van der Waals surface area contributed by atoms with E-state index in [4.69, 9.17) is 4.52 Å². The van der Waals surface area contributed by atoms with Gasteiger partial charge in [-0.05, 0) is 26.8 Å². The Kier molecular flexibility index (Phi) is 2.22. The van der Waals surface area contributed by atoms with Crippen LogP contribution in [0.4, 0.5) is 5.88 Å². The highest BCUT2D eigenvalue weighted by atomic mass is 16.5. The minimum atomic E-state index is 0.395. The smallest absolute Gasteiger partial charge is 0.228 e. The average molecular weight is 181 g/mol. The van der Waals surface area contributed by atoms with Gasteiger partial charge in [0.15, 0.2) is 0 Å². The average Bonchev–Trinajstić information content (AvgIpc) is 2.48. The zero-order chi connectivity index (χ0) is 9.26. The highest BCUT2D eigenvalue weighted by Gasteiger charge is 2.18. The highest BCUT2D eigenvalue weighted by Crippen LogP contribution is 2.22. The third-order valence-corrected chi connectivity index (χ3v) is 2.13. The van der Waals surface area contributed by atoms with Gasteiger partial charge < -0.3 is 15.2 Å². The second-order valence-electron chi connectivity index (χ2n) is 3.66. The first-order valence-corrected chi connectivity index (χ1v) is 4.72. The van der Waals surface area contributed by atoms with Crippen LogP contribution in [0, 0.1) is 0 Å². The summed E-state index contributed by atoms with van der Waals surface area (Å²) in [6.07, 6.45) is 1.01. The standard InChI is InChI=1S/C9H15N3O/c1-6(2)11-9-7-3-4-10-5-8(7)12-13-9/h6,10-11H,3-5H2,1-2H3. The van der Waals surface area contributed by atoms with Crippen molar-refractivity contribution in [2.45, 2.75) is 32.9 Å². The van der Waals surface area contributed by atoms with Gasteiger partial charge in [0.05, 0.1) is 0 Å². The van der Waals surface area contributed by atoms with Crippen molar-refractivity contribution >= 4 is 5.88 Å². The lowest BCUT2D eigenvalue weighted by atomic mass is 10.1. The predicted octanol–water partition coefficient (Wildman–Crippen LogP) is 1.14. The van der Waals surface area contributed by atoms with E-state index in [0.29, 0.717) is 6.04 Å². The molecular formula is C9H15N3O. The van der Waals surface area contributed by atoms with Gasteiger partial charge in [0.25, 0.3) is 0 Å². The van der Waals surface area contributed by atoms with E-state index >= 15 is 0 Å². The molecule has 0 amide bonds. The molecule has 1 aromatic heterocycles. The number of nitrogens with zero attached hydrogens (tertiary/aromatic N) is 1. The molecule has 0 atom stereocenters. The molecule has 0 fully saturated rings. The topological polar surface area (TPSA) is 50.1 Å². The molecule has 2 rings (SSSR count). The number of rotatable bonds is 2. The van der Waals surface area contributed by atoms with Gasteiger partial charge in [-0.15, -0.1) is 0 Å². The number of anilines is 1. The van der Waals surface area contributed by atoms with Crippen molar-refractivity contribution in [2.75, 3.05) is 11.9 Å². The predicted molar refractivity (Wildman–Crippen MR) is 50.7 cm³/mol. The van der Waals surface area contributed by atoms with Crippen LogP contribution in [0.5, 0.6) is 0 Å². The van der Waals surface area contributed by atoms with Crippen molar-refractivity contribution in [3.63, 3.8) is 0 Å². The lowest BCUT2D eigenvalue weighted by Gasteiger charge is -2.12. The van der Waals surface area contributed by atoms with Crippen molar-refractivity contribution in [3.8, 4) is 0 Å². The molecule has 4 heteroatoms. The third-order valence-electron chi connectivity index (χ3n) is 2.13. The molecule has 0 radical (unpaired) electrons. The van der Waals surface area contributed by atoms with Crippen LogP contribution in [0.3, 0.4) is 0 Å². The molecule has 2 heterocycles. The number of nitrogens with one attached hydrogen (secondary N) is 2. The zero-order valence-corrected chi connectivity index (χ0v) is 8.05. The van der Waals surface area contributed by atoms with Gasteiger partial charge in [0, 0.05) is 18.2 Å². The van der Waals surface area contributed by atoms with E-state index in [1.165, 1.54) is 5.56 Å². The number of aromatic nitrogens is 1. The molecule has 0 aromatic carbocycles. The van der Waals surface area contributed by atoms with Crippen molar-refractivity contribution in [1.29, 1.82) is 0 Å². The first kappa shape index (κ1) is 8.56. The van der Waals surface area contributed by atoms with Gasteiger partial charge in [0.2, 0.25) is 5.88 Å². The van der Waals surface area contributed by atoms with Gasteiger partial charge in [-0.3, -0.25) is 0 Å². The van der Waals surface area contributed by atoms with Gasteiger partial charge in [0.1, 0.15) is 5.69 Å². The molecule has 13 heavy (non-hydrogen) atoms. The summed E-state index contributed by atoms with van der Waals surface area (Å²) >= 11 is 0. The van der Waals surface area contributed by atoms with Gasteiger partial charge >= 0.3 is 0 Å². The van der Waals surface area contributed by atoms with Crippen LogP contribution in [0.25, 0.3) is 0 Å². The second-order valence-corrected chi connectivity index (χ2v) is 3.66. The first-order valence-electron chi connectivity index (χ1n) is 4.72. The molecule has 1 aliphatic heterocycles. The van der Waals surface area contributed by atoms with E-state index in [1.807, 2.05) is 0 Å². The fourth-order valence-corrected chi connectivity index (χ4v) is 1.53. The Bertz CT molecular complexity index is 293. The molecule has 1 aromatic rings. The molecule has 0 saturated heterocycles. The van der Waals surface area contributed by atoms with E-state index < -0.39 is 0 Å². The molecule has 0 spiro atoms. The Balaban J connectivity index is 2.21. The molecule has 0 saturated carbocycles. The summed E-state index contributed by atoms with van der Waals surface area (Å²) in [5.74, 6) is 0.853. The molecule has 0 aliphatic carbocycles. The summed E-state index contributed by atoms with van der Waals surface area (Å²) in [6.45, 7) is 6.03. The van der Waals surface area contributed by atoms with Gasteiger partial charge in [-0.1, -0.05) is 5.16 Å². The maximum Gasteiger partial charge on any atom is 0.228 e. The molecule has 2 N–H and O–H groups in total. The molecule has 4 nitrogen and oxygen atoms in total. The van der Waals surface area contributed by atoms with Crippen molar-refractivity contribution in [3.05, 3.63) is 11.3 Å². The third kappa shape index (κ3) is 1.67. The van der Waals surface area contributed by atoms with Crippen LogP contribution >= 0.6 is 0 Å². The normalized spacial score (nSPS) is 15.9. The van der Waals surface area contributed by atoms with Crippen LogP contribution < -0.4 is 10.6 Å². The summed E-state index contributed by atoms with van der Waals surface area (Å²) in [5.41, 5.74) is 2.29. The maximum absolute atomic E-state index is 5.23. The Labute approximate surface area is 77.7 Å². The Morgan fingerprint density at radius 3 is 3.15 bits per heavy atom. The fraction of sp³-hybridized carbons (Fsp3) is 0.667. The summed E-state index contributed by atoms with van der Waals surface area (Å²) in [7, 11) is 0. The van der Waals surface area contributed by atoms with Crippen LogP contribution in [0.1, 0.15) is 25.1 Å². The number of fused-ring (bicyclic) bond motifs is 1. The zero-order valence-electron chi connectivity index (χ0n) is 8.05. The lowest BCUT2D eigenvalue weighted by molar-refractivity contribution is 0.419. The quantitative estimate of drug-likeness (QED) is 0.718. The van der Waals surface area contributed by atoms with E-state index in [2.05, 4.69) is 29.6 Å². The van der Waals surface area contributed by atoms with Crippen molar-refractivity contribution in [1.82, 2.24) is 10.5 Å². The minimum Gasteiger partial charge on any atom is -0.352 e. The van der Waals surface area contributed by atoms with Crippen LogP contribution in [0.15, 0.2) is 4.52 Å². The van der Waals surface area contributed by atoms with Crippen LogP contribution in [-0.4, -0.2) is 17.7 Å². The number of hydrogen-bond donors (Lipinski definition) is 2. The molecule has 0 unspecified atom stereocenters. The van der Waals surface area contributed by atoms with Crippen molar-refractivity contribution in [2.24, 2.45) is 0 Å². The van der Waals surface area contributed by atoms with Crippen LogP contribution in [-0.2, 0) is 13.0 Å². The van der Waals surface area contributed by atoms with E-state index in [9.17, 15) is 0 Å². The van der Waals surface area contributed by atoms with E-state index in [1.54, 1.807) is 0 Å². The summed E-state index contributed by atoms with van der Waals surface area (Å²) in [5, 5.41) is 10.5. The minimum absolute atomic E-state index is 0.395. The van der Waals surface area contributed by atoms with E-state index in [0.717, 1.165) is 31.1 Å². The summed E-state index contributed by atoms with van der Waals surface area (Å²) < 4.78 is 5.23. The molecule has 1 aliphatic rings. The summed E-state index contributed by atoms with van der Waals surface area (Å²) in [6, 6.07) is 0.395. The Morgan fingerprint density at radius 1 is 1.54 bits per heavy atom. The fourth-order valence-electron chi connectivity index (χ4n) is 1.53. The molecule has 72 valence electrons. The van der Waals surface area contributed by atoms with Crippen molar-refractivity contribution < 1.29 is 4.52 Å². The number of hydrogen-bond acceptors (Lipinski definition) is 4. The van der Waals surface area contributed by atoms with Gasteiger partial charge in [-0.25, -0.2) is 0 Å². The molecule has 0 bridgehead atoms. The van der Waals surface area contributed by atoms with Gasteiger partial charge in [-0.2, -0.15) is 0 Å². The highest BCUT2D eigenvalue weighted by molar-refractivity contribution is 5.45. The largest absolute Gasteiger partial charge is 0.352 e. The summed E-state index contributed by atoms with van der Waals surface area (Å²) in [4.78, 5) is 0. The SMILES string of the molecule is CC(C)Nc1onc2c1CCNC2. The first-order chi connectivity index (χ1) is 6.27.